The smallest absolute Gasteiger partial charge is 0.331 e. The molecule has 2 aromatic heterocycles. The number of nitrogens with one attached hydrogen (secondary N) is 1. The highest BCUT2D eigenvalue weighted by Crippen LogP contribution is 2.19. The van der Waals surface area contributed by atoms with Gasteiger partial charge in [-0.1, -0.05) is 23.7 Å². The maximum absolute atomic E-state index is 13.1. The van der Waals surface area contributed by atoms with Crippen molar-refractivity contribution in [3.05, 3.63) is 71.4 Å². The second-order valence-corrected chi connectivity index (χ2v) is 5.99. The van der Waals surface area contributed by atoms with Gasteiger partial charge in [-0.2, -0.15) is 0 Å². The van der Waals surface area contributed by atoms with Gasteiger partial charge in [0.25, 0.3) is 5.91 Å². The first-order valence-electron chi connectivity index (χ1n) is 8.02. The van der Waals surface area contributed by atoms with Crippen molar-refractivity contribution in [1.29, 1.82) is 0 Å². The van der Waals surface area contributed by atoms with Crippen LogP contribution in [0, 0.1) is 5.82 Å². The molecule has 0 bridgehead atoms. The first-order chi connectivity index (χ1) is 12.9. The number of carbonyl (C=O) groups is 2. The summed E-state index contributed by atoms with van der Waals surface area (Å²) in [6.45, 7) is 1.42. The highest BCUT2D eigenvalue weighted by molar-refractivity contribution is 6.31. The van der Waals surface area contributed by atoms with E-state index in [1.165, 1.54) is 37.3 Å². The Morgan fingerprint density at radius 2 is 2.11 bits per heavy atom. The zero-order valence-electron chi connectivity index (χ0n) is 14.2. The van der Waals surface area contributed by atoms with Crippen LogP contribution >= 0.6 is 11.6 Å². The SMILES string of the molecule is C[C@H](OC(=O)/C=C/c1c(Cl)nc2ccccn12)C(=O)Nc1cccc(F)c1. The predicted molar refractivity (Wildman–Crippen MR) is 99.8 cm³/mol. The van der Waals surface area contributed by atoms with E-state index in [-0.39, 0.29) is 10.8 Å². The van der Waals surface area contributed by atoms with Crippen LogP contribution in [0.4, 0.5) is 10.1 Å². The van der Waals surface area contributed by atoms with E-state index in [0.29, 0.717) is 11.3 Å². The maximum Gasteiger partial charge on any atom is 0.331 e. The van der Waals surface area contributed by atoms with Crippen LogP contribution in [0.15, 0.2) is 54.7 Å². The molecule has 0 aliphatic heterocycles. The summed E-state index contributed by atoms with van der Waals surface area (Å²) < 4.78 is 19.9. The van der Waals surface area contributed by atoms with Crippen molar-refractivity contribution in [1.82, 2.24) is 9.38 Å². The van der Waals surface area contributed by atoms with Gasteiger partial charge in [0.1, 0.15) is 11.5 Å². The molecular formula is C19H15ClFN3O3. The van der Waals surface area contributed by atoms with Crippen molar-refractivity contribution in [2.75, 3.05) is 5.32 Å². The van der Waals surface area contributed by atoms with Crippen LogP contribution in [0.3, 0.4) is 0 Å². The van der Waals surface area contributed by atoms with E-state index in [1.807, 2.05) is 6.07 Å². The van der Waals surface area contributed by atoms with Crippen LogP contribution in [0.1, 0.15) is 12.6 Å². The van der Waals surface area contributed by atoms with Gasteiger partial charge in [0.05, 0.1) is 5.69 Å². The average Bonchev–Trinajstić information content (AvgIpc) is 2.95. The number of nitrogens with zero attached hydrogens (tertiary/aromatic N) is 2. The van der Waals surface area contributed by atoms with Gasteiger partial charge < -0.3 is 10.1 Å². The van der Waals surface area contributed by atoms with Crippen LogP contribution in [-0.2, 0) is 14.3 Å². The Balaban J connectivity index is 1.63. The van der Waals surface area contributed by atoms with Crippen molar-refractivity contribution in [3.63, 3.8) is 0 Å². The van der Waals surface area contributed by atoms with E-state index in [9.17, 15) is 14.0 Å². The van der Waals surface area contributed by atoms with E-state index in [2.05, 4.69) is 10.3 Å². The Hall–Kier alpha value is -3.19. The molecular weight excluding hydrogens is 373 g/mol. The monoisotopic (exact) mass is 387 g/mol. The number of halogens is 2. The van der Waals surface area contributed by atoms with E-state index in [0.717, 1.165) is 6.08 Å². The third-order valence-electron chi connectivity index (χ3n) is 3.65. The van der Waals surface area contributed by atoms with E-state index in [1.54, 1.807) is 22.7 Å². The molecule has 0 aliphatic rings. The predicted octanol–water partition coefficient (Wildman–Crippen LogP) is 3.71. The second-order valence-electron chi connectivity index (χ2n) is 5.63. The summed E-state index contributed by atoms with van der Waals surface area (Å²) in [5.74, 6) is -1.78. The van der Waals surface area contributed by atoms with Gasteiger partial charge in [-0.3, -0.25) is 9.20 Å². The summed E-state index contributed by atoms with van der Waals surface area (Å²) in [6, 6.07) is 10.8. The lowest BCUT2D eigenvalue weighted by Crippen LogP contribution is -2.29. The Labute approximate surface area is 159 Å². The third-order valence-corrected chi connectivity index (χ3v) is 3.93. The molecule has 1 N–H and O–H groups in total. The number of imidazole rings is 1. The van der Waals surface area contributed by atoms with Crippen LogP contribution in [-0.4, -0.2) is 27.4 Å². The molecule has 1 aromatic carbocycles. The summed E-state index contributed by atoms with van der Waals surface area (Å²) >= 11 is 6.08. The number of ether oxygens (including phenoxy) is 1. The number of anilines is 1. The molecule has 0 saturated heterocycles. The van der Waals surface area contributed by atoms with Gasteiger partial charge in [0, 0.05) is 18.0 Å². The summed E-state index contributed by atoms with van der Waals surface area (Å²) in [5, 5.41) is 2.71. The Kier molecular flexibility index (Phi) is 5.52. The number of fused-ring (bicyclic) bond motifs is 1. The number of amides is 1. The molecule has 3 aromatic rings. The highest BCUT2D eigenvalue weighted by atomic mass is 35.5. The van der Waals surface area contributed by atoms with Crippen molar-refractivity contribution in [3.8, 4) is 0 Å². The molecule has 0 radical (unpaired) electrons. The lowest BCUT2D eigenvalue weighted by molar-refractivity contribution is -0.148. The molecule has 1 atom stereocenters. The Morgan fingerprint density at radius 3 is 2.89 bits per heavy atom. The quantitative estimate of drug-likeness (QED) is 0.535. The fourth-order valence-electron chi connectivity index (χ4n) is 2.36. The molecule has 0 spiro atoms. The minimum Gasteiger partial charge on any atom is -0.449 e. The van der Waals surface area contributed by atoms with Crippen LogP contribution in [0.25, 0.3) is 11.7 Å². The fraction of sp³-hybridized carbons (Fsp3) is 0.105. The number of pyridine rings is 1. The van der Waals surface area contributed by atoms with Gasteiger partial charge in [-0.15, -0.1) is 0 Å². The van der Waals surface area contributed by atoms with Crippen molar-refractivity contribution >= 4 is 40.9 Å². The lowest BCUT2D eigenvalue weighted by atomic mass is 10.3. The number of benzene rings is 1. The molecule has 8 heteroatoms. The molecule has 27 heavy (non-hydrogen) atoms. The number of rotatable bonds is 5. The van der Waals surface area contributed by atoms with E-state index in [4.69, 9.17) is 16.3 Å². The lowest BCUT2D eigenvalue weighted by Gasteiger charge is -2.12. The van der Waals surface area contributed by atoms with Gasteiger partial charge in [0.15, 0.2) is 11.3 Å². The largest absolute Gasteiger partial charge is 0.449 e. The van der Waals surface area contributed by atoms with Crippen LogP contribution in [0.5, 0.6) is 0 Å². The number of carbonyl (C=O) groups excluding carboxylic acids is 2. The molecule has 0 aliphatic carbocycles. The normalized spacial score (nSPS) is 12.3. The minimum atomic E-state index is -1.07. The van der Waals surface area contributed by atoms with Gasteiger partial charge in [0.2, 0.25) is 0 Å². The first-order valence-corrected chi connectivity index (χ1v) is 8.39. The topological polar surface area (TPSA) is 72.7 Å². The molecule has 1 amide bonds. The minimum absolute atomic E-state index is 0.238. The summed E-state index contributed by atoms with van der Waals surface area (Å²) in [6.07, 6.45) is 3.31. The number of esters is 1. The second kappa shape index (κ2) is 8.01. The van der Waals surface area contributed by atoms with Gasteiger partial charge in [-0.25, -0.2) is 14.2 Å². The summed E-state index contributed by atoms with van der Waals surface area (Å²) in [7, 11) is 0. The average molecular weight is 388 g/mol. The molecule has 2 heterocycles. The molecule has 0 fully saturated rings. The van der Waals surface area contributed by atoms with Crippen molar-refractivity contribution in [2.24, 2.45) is 0 Å². The van der Waals surface area contributed by atoms with Crippen LogP contribution < -0.4 is 5.32 Å². The molecule has 0 unspecified atom stereocenters. The zero-order chi connectivity index (χ0) is 19.4. The molecule has 6 nitrogen and oxygen atoms in total. The van der Waals surface area contributed by atoms with Crippen molar-refractivity contribution < 1.29 is 18.7 Å². The molecule has 138 valence electrons. The van der Waals surface area contributed by atoms with Gasteiger partial charge >= 0.3 is 5.97 Å². The first kappa shape index (κ1) is 18.6. The Bertz CT molecular complexity index is 1030. The summed E-state index contributed by atoms with van der Waals surface area (Å²) in [5.41, 5.74) is 1.43. The fourth-order valence-corrected chi connectivity index (χ4v) is 2.60. The van der Waals surface area contributed by atoms with Crippen LogP contribution in [0.2, 0.25) is 5.15 Å². The third kappa shape index (κ3) is 4.51. The standard InChI is InChI=1S/C19H15ClFN3O3/c1-12(19(26)22-14-6-4-5-13(21)11-14)27-17(25)9-8-15-18(20)23-16-7-2-3-10-24(15)16/h2-12H,1H3,(H,22,26)/b9-8+/t12-/m0/s1. The summed E-state index contributed by atoms with van der Waals surface area (Å²) in [4.78, 5) is 28.2. The molecule has 3 rings (SSSR count). The molecule has 0 saturated carbocycles. The highest BCUT2D eigenvalue weighted by Gasteiger charge is 2.17. The van der Waals surface area contributed by atoms with Crippen molar-refractivity contribution in [2.45, 2.75) is 13.0 Å². The van der Waals surface area contributed by atoms with E-state index >= 15 is 0 Å². The Morgan fingerprint density at radius 1 is 1.30 bits per heavy atom. The number of hydrogen-bond donors (Lipinski definition) is 1. The number of aromatic nitrogens is 2. The number of hydrogen-bond acceptors (Lipinski definition) is 4. The van der Waals surface area contributed by atoms with Gasteiger partial charge in [-0.05, 0) is 43.3 Å². The zero-order valence-corrected chi connectivity index (χ0v) is 15.0. The van der Waals surface area contributed by atoms with E-state index < -0.39 is 23.8 Å². The maximum atomic E-state index is 13.1.